The number of aromatic nitrogens is 3. The van der Waals surface area contributed by atoms with E-state index in [1.807, 2.05) is 24.5 Å². The van der Waals surface area contributed by atoms with E-state index in [4.69, 9.17) is 0 Å². The van der Waals surface area contributed by atoms with Crippen LogP contribution in [0, 0.1) is 0 Å². The maximum Gasteiger partial charge on any atom is 0.252 e. The molecule has 29 heavy (non-hydrogen) atoms. The number of likely N-dealkylation sites (N-methyl/N-ethyl adjacent to an activating group) is 1. The molecule has 1 amide bonds. The number of imidazole rings is 1. The molecule has 0 spiro atoms. The maximum absolute atomic E-state index is 12.4. The minimum atomic E-state index is -0.0661. The Bertz CT molecular complexity index is 785. The third-order valence-electron chi connectivity index (χ3n) is 5.71. The molecule has 0 saturated carbocycles. The van der Waals surface area contributed by atoms with Crippen LogP contribution < -0.4 is 10.2 Å². The summed E-state index contributed by atoms with van der Waals surface area (Å²) >= 11 is 0. The fraction of sp³-hybridized carbons (Fsp3) is 0.591. The van der Waals surface area contributed by atoms with Gasteiger partial charge in [0.05, 0.1) is 5.56 Å². The standard InChI is InChI=1S/C22H34N6O/c1-5-19-16-28(14-13-26(19)4)20-8-7-18(15-25-20)22(29)24-9-6-11-27-12-10-23-21(27)17(2)3/h7-8,10,12,15,17,19H,5-6,9,11,13-14,16H2,1-4H3,(H,24,29)/t19-/m0/s1. The molecule has 0 radical (unpaired) electrons. The number of piperazine rings is 1. The first kappa shape index (κ1) is 21.3. The number of nitrogens with one attached hydrogen (secondary N) is 1. The van der Waals surface area contributed by atoms with Crippen LogP contribution in [0.2, 0.25) is 0 Å². The molecule has 1 aliphatic rings. The topological polar surface area (TPSA) is 66.3 Å². The second kappa shape index (κ2) is 9.87. The van der Waals surface area contributed by atoms with Gasteiger partial charge in [-0.25, -0.2) is 9.97 Å². The van der Waals surface area contributed by atoms with Crippen molar-refractivity contribution in [3.05, 3.63) is 42.1 Å². The van der Waals surface area contributed by atoms with Gasteiger partial charge in [0.15, 0.2) is 0 Å². The Morgan fingerprint density at radius 2 is 2.10 bits per heavy atom. The zero-order valence-electron chi connectivity index (χ0n) is 18.1. The van der Waals surface area contributed by atoms with Gasteiger partial charge in [0.2, 0.25) is 0 Å². The molecule has 0 aliphatic carbocycles. The molecule has 0 unspecified atom stereocenters. The number of carbonyl (C=O) groups excluding carboxylic acids is 1. The number of pyridine rings is 1. The maximum atomic E-state index is 12.4. The fourth-order valence-corrected chi connectivity index (χ4v) is 3.87. The highest BCUT2D eigenvalue weighted by Crippen LogP contribution is 2.18. The molecule has 0 bridgehead atoms. The summed E-state index contributed by atoms with van der Waals surface area (Å²) in [7, 11) is 2.18. The van der Waals surface area contributed by atoms with E-state index in [2.05, 4.69) is 57.5 Å². The van der Waals surface area contributed by atoms with Crippen LogP contribution in [-0.2, 0) is 6.54 Å². The Balaban J connectivity index is 1.47. The first-order valence-corrected chi connectivity index (χ1v) is 10.7. The van der Waals surface area contributed by atoms with Gasteiger partial charge >= 0.3 is 0 Å². The van der Waals surface area contributed by atoms with Gasteiger partial charge in [0.25, 0.3) is 5.91 Å². The van der Waals surface area contributed by atoms with E-state index in [1.165, 1.54) is 0 Å². The summed E-state index contributed by atoms with van der Waals surface area (Å²) in [5.41, 5.74) is 0.611. The van der Waals surface area contributed by atoms with Crippen LogP contribution in [0.4, 0.5) is 5.82 Å². The highest BCUT2D eigenvalue weighted by Gasteiger charge is 2.23. The van der Waals surface area contributed by atoms with Gasteiger partial charge in [-0.2, -0.15) is 0 Å². The highest BCUT2D eigenvalue weighted by atomic mass is 16.1. The summed E-state index contributed by atoms with van der Waals surface area (Å²) in [6, 6.07) is 4.40. The lowest BCUT2D eigenvalue weighted by molar-refractivity contribution is 0.0952. The zero-order chi connectivity index (χ0) is 20.8. The van der Waals surface area contributed by atoms with Crippen molar-refractivity contribution in [3.63, 3.8) is 0 Å². The predicted molar refractivity (Wildman–Crippen MR) is 116 cm³/mol. The summed E-state index contributed by atoms with van der Waals surface area (Å²) in [6.07, 6.45) is 7.53. The highest BCUT2D eigenvalue weighted by molar-refractivity contribution is 5.94. The Kier molecular flexibility index (Phi) is 7.25. The number of aryl methyl sites for hydroxylation is 1. The lowest BCUT2D eigenvalue weighted by Gasteiger charge is -2.39. The van der Waals surface area contributed by atoms with Crippen LogP contribution in [0.3, 0.4) is 0 Å². The molecule has 1 saturated heterocycles. The van der Waals surface area contributed by atoms with Crippen molar-refractivity contribution >= 4 is 11.7 Å². The lowest BCUT2D eigenvalue weighted by Crippen LogP contribution is -2.51. The van der Waals surface area contributed by atoms with Crippen molar-refractivity contribution < 1.29 is 4.79 Å². The number of amides is 1. The first-order chi connectivity index (χ1) is 14.0. The third-order valence-corrected chi connectivity index (χ3v) is 5.71. The monoisotopic (exact) mass is 398 g/mol. The second-order valence-electron chi connectivity index (χ2n) is 8.14. The van der Waals surface area contributed by atoms with Crippen molar-refractivity contribution in [3.8, 4) is 0 Å². The van der Waals surface area contributed by atoms with Crippen molar-refractivity contribution in [2.45, 2.75) is 52.1 Å². The lowest BCUT2D eigenvalue weighted by atomic mass is 10.1. The Morgan fingerprint density at radius 3 is 2.79 bits per heavy atom. The summed E-state index contributed by atoms with van der Waals surface area (Å²) < 4.78 is 2.16. The van der Waals surface area contributed by atoms with E-state index in [1.54, 1.807) is 6.20 Å². The molecule has 1 fully saturated rings. The van der Waals surface area contributed by atoms with E-state index in [-0.39, 0.29) is 5.91 Å². The zero-order valence-corrected chi connectivity index (χ0v) is 18.1. The number of hydrogen-bond acceptors (Lipinski definition) is 5. The summed E-state index contributed by atoms with van der Waals surface area (Å²) in [6.45, 7) is 11.0. The van der Waals surface area contributed by atoms with Gasteiger partial charge in [-0.3, -0.25) is 9.69 Å². The SMILES string of the molecule is CC[C@H]1CN(c2ccc(C(=O)NCCCn3ccnc3C(C)C)cn2)CCN1C. The van der Waals surface area contributed by atoms with E-state index in [0.717, 1.165) is 50.7 Å². The summed E-state index contributed by atoms with van der Waals surface area (Å²) in [4.78, 5) is 26.1. The smallest absolute Gasteiger partial charge is 0.252 e. The van der Waals surface area contributed by atoms with Gasteiger partial charge in [-0.05, 0) is 32.0 Å². The van der Waals surface area contributed by atoms with Gasteiger partial charge < -0.3 is 14.8 Å². The minimum absolute atomic E-state index is 0.0661. The average molecular weight is 399 g/mol. The molecule has 158 valence electrons. The third kappa shape index (κ3) is 5.35. The number of anilines is 1. The van der Waals surface area contributed by atoms with E-state index in [9.17, 15) is 4.79 Å². The van der Waals surface area contributed by atoms with Crippen LogP contribution in [0.5, 0.6) is 0 Å². The fourth-order valence-electron chi connectivity index (χ4n) is 3.87. The molecule has 3 heterocycles. The Labute approximate surface area is 174 Å². The van der Waals surface area contributed by atoms with E-state index in [0.29, 0.717) is 24.1 Å². The number of hydrogen-bond donors (Lipinski definition) is 1. The molecule has 3 rings (SSSR count). The normalized spacial score (nSPS) is 17.7. The molecule has 2 aromatic rings. The Hall–Kier alpha value is -2.41. The predicted octanol–water partition coefficient (Wildman–Crippen LogP) is 2.75. The number of rotatable bonds is 8. The van der Waals surface area contributed by atoms with Gasteiger partial charge in [0.1, 0.15) is 11.6 Å². The minimum Gasteiger partial charge on any atom is -0.354 e. The number of carbonyl (C=O) groups is 1. The average Bonchev–Trinajstić information content (AvgIpc) is 3.20. The van der Waals surface area contributed by atoms with Crippen molar-refractivity contribution in [1.82, 2.24) is 24.8 Å². The summed E-state index contributed by atoms with van der Waals surface area (Å²) in [5.74, 6) is 2.38. The molecular weight excluding hydrogens is 364 g/mol. The van der Waals surface area contributed by atoms with Gasteiger partial charge in [-0.15, -0.1) is 0 Å². The molecular formula is C22H34N6O. The van der Waals surface area contributed by atoms with Crippen LogP contribution in [0.1, 0.15) is 55.7 Å². The van der Waals surface area contributed by atoms with Crippen LogP contribution in [0.15, 0.2) is 30.7 Å². The van der Waals surface area contributed by atoms with Gasteiger partial charge in [-0.1, -0.05) is 20.8 Å². The van der Waals surface area contributed by atoms with Crippen molar-refractivity contribution in [1.29, 1.82) is 0 Å². The Morgan fingerprint density at radius 1 is 1.28 bits per heavy atom. The molecule has 7 nitrogen and oxygen atoms in total. The van der Waals surface area contributed by atoms with Crippen molar-refractivity contribution in [2.24, 2.45) is 0 Å². The largest absolute Gasteiger partial charge is 0.354 e. The van der Waals surface area contributed by atoms with Crippen LogP contribution in [0.25, 0.3) is 0 Å². The van der Waals surface area contributed by atoms with E-state index < -0.39 is 0 Å². The molecule has 1 aliphatic heterocycles. The quantitative estimate of drug-likeness (QED) is 0.693. The first-order valence-electron chi connectivity index (χ1n) is 10.7. The molecule has 0 aromatic carbocycles. The summed E-state index contributed by atoms with van der Waals surface area (Å²) in [5, 5.41) is 3.00. The molecule has 1 N–H and O–H groups in total. The molecule has 7 heteroatoms. The van der Waals surface area contributed by atoms with Gasteiger partial charge in [0, 0.05) is 63.3 Å². The van der Waals surface area contributed by atoms with E-state index >= 15 is 0 Å². The second-order valence-corrected chi connectivity index (χ2v) is 8.14. The van der Waals surface area contributed by atoms with Crippen LogP contribution in [-0.4, -0.2) is 64.6 Å². The van der Waals surface area contributed by atoms with Crippen molar-refractivity contribution in [2.75, 3.05) is 38.1 Å². The number of nitrogens with zero attached hydrogens (tertiary/aromatic N) is 5. The van der Waals surface area contributed by atoms with Crippen LogP contribution >= 0.6 is 0 Å². The molecule has 2 aromatic heterocycles. The molecule has 1 atom stereocenters.